The van der Waals surface area contributed by atoms with Gasteiger partial charge in [0.05, 0.1) is 5.92 Å². The fraction of sp³-hybridized carbons (Fsp3) is 0.368. The van der Waals surface area contributed by atoms with Gasteiger partial charge < -0.3 is 15.4 Å². The van der Waals surface area contributed by atoms with Crippen molar-refractivity contribution in [1.82, 2.24) is 10.2 Å². The number of aromatic amines is 1. The Morgan fingerprint density at radius 3 is 2.68 bits per heavy atom. The van der Waals surface area contributed by atoms with E-state index in [9.17, 15) is 5.26 Å². The van der Waals surface area contributed by atoms with E-state index in [1.54, 1.807) is 0 Å². The number of aryl methyl sites for hydroxylation is 1. The SMILES string of the molecule is CCc1[nH]nc2c1C(c1ccc(N3CCCC3)cc1)C(C#N)=C(N)O2. The topological polar surface area (TPSA) is 91.0 Å². The number of aromatic nitrogens is 2. The summed E-state index contributed by atoms with van der Waals surface area (Å²) in [6.45, 7) is 4.27. The summed E-state index contributed by atoms with van der Waals surface area (Å²) in [4.78, 5) is 2.39. The first-order valence-electron chi connectivity index (χ1n) is 8.72. The molecule has 25 heavy (non-hydrogen) atoms. The summed E-state index contributed by atoms with van der Waals surface area (Å²) in [5.74, 6) is 0.370. The number of ether oxygens (including phenoxy) is 1. The molecule has 1 fully saturated rings. The minimum Gasteiger partial charge on any atom is -0.420 e. The van der Waals surface area contributed by atoms with E-state index in [0.29, 0.717) is 11.5 Å². The first kappa shape index (κ1) is 15.6. The van der Waals surface area contributed by atoms with Gasteiger partial charge in [-0.25, -0.2) is 0 Å². The maximum atomic E-state index is 9.64. The molecule has 3 heterocycles. The average molecular weight is 335 g/mol. The van der Waals surface area contributed by atoms with E-state index in [1.807, 2.05) is 0 Å². The molecule has 1 aromatic heterocycles. The van der Waals surface area contributed by atoms with Crippen LogP contribution in [0.2, 0.25) is 0 Å². The Bertz CT molecular complexity index is 853. The molecule has 2 aromatic rings. The van der Waals surface area contributed by atoms with Crippen molar-refractivity contribution in [2.45, 2.75) is 32.1 Å². The van der Waals surface area contributed by atoms with E-state index >= 15 is 0 Å². The summed E-state index contributed by atoms with van der Waals surface area (Å²) in [5, 5.41) is 16.9. The predicted octanol–water partition coefficient (Wildman–Crippen LogP) is 2.79. The maximum absolute atomic E-state index is 9.64. The van der Waals surface area contributed by atoms with E-state index in [4.69, 9.17) is 10.5 Å². The molecule has 4 rings (SSSR count). The van der Waals surface area contributed by atoms with Crippen molar-refractivity contribution >= 4 is 5.69 Å². The number of nitrogens with zero attached hydrogens (tertiary/aromatic N) is 3. The molecule has 0 aliphatic carbocycles. The summed E-state index contributed by atoms with van der Waals surface area (Å²) in [5.41, 5.74) is 10.6. The molecule has 0 bridgehead atoms. The van der Waals surface area contributed by atoms with Crippen LogP contribution in [0.3, 0.4) is 0 Å². The quantitative estimate of drug-likeness (QED) is 0.900. The highest BCUT2D eigenvalue weighted by molar-refractivity contribution is 5.57. The van der Waals surface area contributed by atoms with Gasteiger partial charge in [-0.2, -0.15) is 5.26 Å². The lowest BCUT2D eigenvalue weighted by Crippen LogP contribution is -2.21. The molecule has 1 aromatic carbocycles. The number of hydrogen-bond acceptors (Lipinski definition) is 5. The van der Waals surface area contributed by atoms with Gasteiger partial charge in [-0.15, -0.1) is 5.10 Å². The molecule has 128 valence electrons. The molecule has 0 saturated carbocycles. The van der Waals surface area contributed by atoms with Crippen molar-refractivity contribution < 1.29 is 4.74 Å². The zero-order chi connectivity index (χ0) is 17.4. The van der Waals surface area contributed by atoms with Gasteiger partial charge in [0.1, 0.15) is 11.6 Å². The fourth-order valence-electron chi connectivity index (χ4n) is 3.76. The molecule has 0 amide bonds. The largest absolute Gasteiger partial charge is 0.420 e. The van der Waals surface area contributed by atoms with Gasteiger partial charge in [-0.1, -0.05) is 19.1 Å². The van der Waals surface area contributed by atoms with Crippen molar-refractivity contribution in [3.63, 3.8) is 0 Å². The van der Waals surface area contributed by atoms with Crippen molar-refractivity contribution in [2.75, 3.05) is 18.0 Å². The zero-order valence-corrected chi connectivity index (χ0v) is 14.2. The van der Waals surface area contributed by atoms with Crippen molar-refractivity contribution in [1.29, 1.82) is 5.26 Å². The van der Waals surface area contributed by atoms with E-state index < -0.39 is 0 Å². The van der Waals surface area contributed by atoms with Crippen LogP contribution in [-0.4, -0.2) is 23.3 Å². The van der Waals surface area contributed by atoms with Gasteiger partial charge in [0.15, 0.2) is 0 Å². The third-order valence-corrected chi connectivity index (χ3v) is 5.07. The first-order valence-corrected chi connectivity index (χ1v) is 8.72. The van der Waals surface area contributed by atoms with Gasteiger partial charge in [-0.05, 0) is 37.0 Å². The molecule has 2 aliphatic rings. The molecule has 1 saturated heterocycles. The van der Waals surface area contributed by atoms with Crippen molar-refractivity contribution in [2.24, 2.45) is 5.73 Å². The standard InChI is InChI=1S/C19H21N5O/c1-2-15-17-16(14(11-20)18(21)25-19(17)23-22-15)12-5-7-13(8-6-12)24-9-3-4-10-24/h5-8,16H,2-4,9-10,21H2,1H3,(H,22,23). The van der Waals surface area contributed by atoms with Crippen LogP contribution in [-0.2, 0) is 6.42 Å². The maximum Gasteiger partial charge on any atom is 0.244 e. The average Bonchev–Trinajstić information content (AvgIpc) is 3.30. The third kappa shape index (κ3) is 2.52. The first-order chi connectivity index (χ1) is 12.2. The predicted molar refractivity (Wildman–Crippen MR) is 95.2 cm³/mol. The van der Waals surface area contributed by atoms with Crippen LogP contribution >= 0.6 is 0 Å². The Morgan fingerprint density at radius 1 is 1.32 bits per heavy atom. The fourth-order valence-corrected chi connectivity index (χ4v) is 3.76. The summed E-state index contributed by atoms with van der Waals surface area (Å²) >= 11 is 0. The molecule has 0 spiro atoms. The molecule has 3 N–H and O–H groups in total. The van der Waals surface area contributed by atoms with Crippen LogP contribution in [0.5, 0.6) is 5.88 Å². The Morgan fingerprint density at radius 2 is 2.04 bits per heavy atom. The number of nitrogens with two attached hydrogens (primary N) is 1. The van der Waals surface area contributed by atoms with Crippen molar-refractivity contribution in [3.8, 4) is 11.9 Å². The molecule has 2 aliphatic heterocycles. The van der Waals surface area contributed by atoms with E-state index in [-0.39, 0.29) is 11.8 Å². The molecular formula is C19H21N5O. The minimum atomic E-state index is -0.241. The second kappa shape index (κ2) is 6.17. The molecule has 0 radical (unpaired) electrons. The van der Waals surface area contributed by atoms with E-state index in [1.165, 1.54) is 18.5 Å². The van der Waals surface area contributed by atoms with Gasteiger partial charge in [0.25, 0.3) is 0 Å². The second-order valence-electron chi connectivity index (χ2n) is 6.49. The van der Waals surface area contributed by atoms with E-state index in [2.05, 4.69) is 52.4 Å². The monoisotopic (exact) mass is 335 g/mol. The molecular weight excluding hydrogens is 314 g/mol. The highest BCUT2D eigenvalue weighted by Crippen LogP contribution is 2.43. The highest BCUT2D eigenvalue weighted by atomic mass is 16.5. The lowest BCUT2D eigenvalue weighted by molar-refractivity contribution is 0.378. The number of nitriles is 1. The molecule has 1 unspecified atom stereocenters. The molecule has 1 atom stereocenters. The number of benzene rings is 1. The van der Waals surface area contributed by atoms with Gasteiger partial charge in [0, 0.05) is 30.0 Å². The van der Waals surface area contributed by atoms with Crippen LogP contribution in [0.1, 0.15) is 42.5 Å². The Hall–Kier alpha value is -2.94. The number of allylic oxidation sites excluding steroid dienone is 1. The minimum absolute atomic E-state index is 0.137. The van der Waals surface area contributed by atoms with Crippen LogP contribution < -0.4 is 15.4 Å². The Kier molecular flexibility index (Phi) is 3.85. The van der Waals surface area contributed by atoms with Crippen molar-refractivity contribution in [3.05, 3.63) is 52.5 Å². The number of H-pyrrole nitrogens is 1. The van der Waals surface area contributed by atoms with Crippen LogP contribution in [0, 0.1) is 11.3 Å². The molecule has 6 nitrogen and oxygen atoms in total. The second-order valence-corrected chi connectivity index (χ2v) is 6.49. The van der Waals surface area contributed by atoms with Gasteiger partial charge in [-0.3, -0.25) is 5.10 Å². The normalized spacial score (nSPS) is 19.5. The number of nitrogens with one attached hydrogen (secondary N) is 1. The third-order valence-electron chi connectivity index (χ3n) is 5.07. The number of fused-ring (bicyclic) bond motifs is 1. The summed E-state index contributed by atoms with van der Waals surface area (Å²) in [6, 6.07) is 10.7. The number of anilines is 1. The van der Waals surface area contributed by atoms with Crippen LogP contribution in [0.25, 0.3) is 0 Å². The molecule has 6 heteroatoms. The highest BCUT2D eigenvalue weighted by Gasteiger charge is 2.34. The van der Waals surface area contributed by atoms with Gasteiger partial charge >= 0.3 is 0 Å². The van der Waals surface area contributed by atoms with Crippen LogP contribution in [0.15, 0.2) is 35.7 Å². The lowest BCUT2D eigenvalue weighted by Gasteiger charge is -2.25. The van der Waals surface area contributed by atoms with Gasteiger partial charge in [0.2, 0.25) is 11.8 Å². The lowest BCUT2D eigenvalue weighted by atomic mass is 9.83. The van der Waals surface area contributed by atoms with Crippen LogP contribution in [0.4, 0.5) is 5.69 Å². The smallest absolute Gasteiger partial charge is 0.244 e. The van der Waals surface area contributed by atoms with E-state index in [0.717, 1.165) is 36.3 Å². The summed E-state index contributed by atoms with van der Waals surface area (Å²) < 4.78 is 5.56. The zero-order valence-electron chi connectivity index (χ0n) is 14.2. The summed E-state index contributed by atoms with van der Waals surface area (Å²) in [6.07, 6.45) is 3.28. The Labute approximate surface area is 146 Å². The number of hydrogen-bond donors (Lipinski definition) is 2. The summed E-state index contributed by atoms with van der Waals surface area (Å²) in [7, 11) is 0. The number of rotatable bonds is 3. The Balaban J connectivity index is 1.77.